The van der Waals surface area contributed by atoms with Crippen LogP contribution in [0, 0.1) is 6.92 Å². The molecule has 31 heavy (non-hydrogen) atoms. The molecular weight excluding hydrogens is 434 g/mol. The zero-order valence-corrected chi connectivity index (χ0v) is 18.2. The first-order chi connectivity index (χ1) is 14.9. The number of sulfonamides is 1. The minimum atomic E-state index is -3.57. The molecule has 1 aliphatic carbocycles. The number of aromatic nitrogens is 3. The van der Waals surface area contributed by atoms with Gasteiger partial charge in [-0.3, -0.25) is 9.89 Å². The lowest BCUT2D eigenvalue weighted by Crippen LogP contribution is -2.25. The Morgan fingerprint density at radius 2 is 2.03 bits per heavy atom. The highest BCUT2D eigenvalue weighted by molar-refractivity contribution is 7.89. The minimum absolute atomic E-state index is 0.0335. The van der Waals surface area contributed by atoms with E-state index in [1.165, 1.54) is 11.3 Å². The third kappa shape index (κ3) is 4.09. The van der Waals surface area contributed by atoms with E-state index in [4.69, 9.17) is 0 Å². The molecule has 2 heterocycles. The van der Waals surface area contributed by atoms with Gasteiger partial charge in [-0.2, -0.15) is 5.10 Å². The summed E-state index contributed by atoms with van der Waals surface area (Å²) >= 11 is 1.41. The maximum Gasteiger partial charge on any atom is 0.275 e. The number of thiazole rings is 1. The second-order valence-corrected chi connectivity index (χ2v) is 10.3. The summed E-state index contributed by atoms with van der Waals surface area (Å²) in [5.74, 6) is -0.311. The van der Waals surface area contributed by atoms with Crippen LogP contribution in [0.1, 0.15) is 28.3 Å². The lowest BCUT2D eigenvalue weighted by Gasteiger charge is -2.11. The Hall–Kier alpha value is -3.08. The number of H-pyrrole nitrogens is 1. The highest BCUT2D eigenvalue weighted by atomic mass is 32.2. The second-order valence-electron chi connectivity index (χ2n) is 7.48. The molecule has 1 amide bonds. The van der Waals surface area contributed by atoms with Crippen LogP contribution in [-0.4, -0.2) is 35.5 Å². The zero-order valence-electron chi connectivity index (χ0n) is 16.5. The smallest absolute Gasteiger partial charge is 0.275 e. The number of nitrogens with one attached hydrogen (secondary N) is 3. The molecule has 2 aromatic carbocycles. The Morgan fingerprint density at radius 1 is 1.19 bits per heavy atom. The number of hydrogen-bond acceptors (Lipinski definition) is 6. The van der Waals surface area contributed by atoms with E-state index in [0.717, 1.165) is 39.9 Å². The molecule has 5 rings (SSSR count). The number of rotatable bonds is 6. The van der Waals surface area contributed by atoms with Crippen LogP contribution in [0.2, 0.25) is 0 Å². The summed E-state index contributed by atoms with van der Waals surface area (Å²) < 4.78 is 27.9. The first-order valence-corrected chi connectivity index (χ1v) is 12.1. The van der Waals surface area contributed by atoms with Crippen molar-refractivity contribution < 1.29 is 13.2 Å². The number of aryl methyl sites for hydroxylation is 1. The van der Waals surface area contributed by atoms with Crippen molar-refractivity contribution in [3.8, 4) is 11.1 Å². The second kappa shape index (κ2) is 7.56. The fourth-order valence-corrected chi connectivity index (χ4v) is 5.25. The summed E-state index contributed by atoms with van der Waals surface area (Å²) in [6.07, 6.45) is 3.38. The summed E-state index contributed by atoms with van der Waals surface area (Å²) in [4.78, 5) is 17.1. The zero-order chi connectivity index (χ0) is 21.6. The first-order valence-electron chi connectivity index (χ1n) is 9.72. The summed E-state index contributed by atoms with van der Waals surface area (Å²) in [6.45, 7) is 1.84. The molecule has 0 radical (unpaired) electrons. The molecule has 2 aromatic heterocycles. The molecule has 1 fully saturated rings. The summed E-state index contributed by atoms with van der Waals surface area (Å²) in [5, 5.41) is 13.2. The largest absolute Gasteiger partial charge is 0.320 e. The number of anilines is 1. The molecule has 0 saturated heterocycles. The maximum absolute atomic E-state index is 12.6. The van der Waals surface area contributed by atoms with Gasteiger partial charge in [0, 0.05) is 16.8 Å². The van der Waals surface area contributed by atoms with Gasteiger partial charge >= 0.3 is 0 Å². The molecule has 0 atom stereocenters. The van der Waals surface area contributed by atoms with E-state index in [1.807, 2.05) is 25.1 Å². The van der Waals surface area contributed by atoms with Gasteiger partial charge in [0.1, 0.15) is 5.69 Å². The Morgan fingerprint density at radius 3 is 2.77 bits per heavy atom. The quantitative estimate of drug-likeness (QED) is 0.412. The lowest BCUT2D eigenvalue weighted by atomic mass is 10.0. The molecule has 4 aromatic rings. The molecule has 10 heteroatoms. The van der Waals surface area contributed by atoms with E-state index in [9.17, 15) is 13.2 Å². The maximum atomic E-state index is 12.6. The fraction of sp³-hybridized carbons (Fsp3) is 0.190. The van der Waals surface area contributed by atoms with Crippen LogP contribution in [0.25, 0.3) is 22.0 Å². The van der Waals surface area contributed by atoms with Gasteiger partial charge in [-0.05, 0) is 55.2 Å². The van der Waals surface area contributed by atoms with Crippen molar-refractivity contribution in [2.24, 2.45) is 0 Å². The Balaban J connectivity index is 1.52. The van der Waals surface area contributed by atoms with Gasteiger partial charge in [0.15, 0.2) is 0 Å². The van der Waals surface area contributed by atoms with Gasteiger partial charge in [-0.15, -0.1) is 11.3 Å². The molecule has 0 spiro atoms. The SMILES string of the molecule is Cc1nc(C(=O)Nc2cc(-c3cccc(S(=O)(=O)NC4CC4)c3)cc3[nH]ncc23)cs1. The average Bonchev–Trinajstić information content (AvgIpc) is 3.23. The monoisotopic (exact) mass is 453 g/mol. The standard InChI is InChI=1S/C21H19N5O3S2/c1-12-23-20(11-30-12)21(27)24-18-8-14(9-19-17(18)10-22-25-19)13-3-2-4-16(7-13)31(28,29)26-15-5-6-15/h2-4,7-11,15,26H,5-6H2,1H3,(H,22,25)(H,24,27). The van der Waals surface area contributed by atoms with E-state index in [0.29, 0.717) is 11.4 Å². The Bertz CT molecular complexity index is 1400. The van der Waals surface area contributed by atoms with Gasteiger partial charge in [0.2, 0.25) is 10.0 Å². The Labute approximate surface area is 182 Å². The van der Waals surface area contributed by atoms with Crippen LogP contribution in [-0.2, 0) is 10.0 Å². The van der Waals surface area contributed by atoms with Crippen LogP contribution in [0.3, 0.4) is 0 Å². The topological polar surface area (TPSA) is 117 Å². The van der Waals surface area contributed by atoms with E-state index in [-0.39, 0.29) is 16.8 Å². The number of hydrogen-bond donors (Lipinski definition) is 3. The number of aromatic amines is 1. The van der Waals surface area contributed by atoms with Crippen LogP contribution >= 0.6 is 11.3 Å². The van der Waals surface area contributed by atoms with Crippen molar-refractivity contribution in [2.45, 2.75) is 30.7 Å². The predicted molar refractivity (Wildman–Crippen MR) is 120 cm³/mol. The Kier molecular flexibility index (Phi) is 4.84. The number of benzene rings is 2. The van der Waals surface area contributed by atoms with Gasteiger partial charge in [0.25, 0.3) is 5.91 Å². The minimum Gasteiger partial charge on any atom is -0.320 e. The van der Waals surface area contributed by atoms with Gasteiger partial charge in [-0.1, -0.05) is 12.1 Å². The molecule has 0 bridgehead atoms. The third-order valence-corrected chi connectivity index (χ3v) is 7.33. The highest BCUT2D eigenvalue weighted by Gasteiger charge is 2.28. The number of carbonyl (C=O) groups excluding carboxylic acids is 1. The van der Waals surface area contributed by atoms with Crippen molar-refractivity contribution in [1.29, 1.82) is 0 Å². The first kappa shape index (κ1) is 19.9. The van der Waals surface area contributed by atoms with Crippen LogP contribution < -0.4 is 10.0 Å². The lowest BCUT2D eigenvalue weighted by molar-refractivity contribution is 0.102. The normalized spacial score (nSPS) is 14.1. The van der Waals surface area contributed by atoms with E-state index < -0.39 is 10.0 Å². The van der Waals surface area contributed by atoms with Crippen molar-refractivity contribution in [3.05, 3.63) is 58.7 Å². The summed E-state index contributed by atoms with van der Waals surface area (Å²) in [7, 11) is -3.57. The average molecular weight is 454 g/mol. The highest BCUT2D eigenvalue weighted by Crippen LogP contribution is 2.32. The molecule has 1 aliphatic rings. The molecule has 1 saturated carbocycles. The third-order valence-electron chi connectivity index (χ3n) is 5.04. The molecule has 3 N–H and O–H groups in total. The fourth-order valence-electron chi connectivity index (χ4n) is 3.31. The molecule has 8 nitrogen and oxygen atoms in total. The van der Waals surface area contributed by atoms with Crippen LogP contribution in [0.15, 0.2) is 52.9 Å². The number of amides is 1. The van der Waals surface area contributed by atoms with Gasteiger partial charge in [-0.25, -0.2) is 18.1 Å². The number of fused-ring (bicyclic) bond motifs is 1. The van der Waals surface area contributed by atoms with E-state index in [1.54, 1.807) is 29.8 Å². The predicted octanol–water partition coefficient (Wildman–Crippen LogP) is 3.69. The number of nitrogens with zero attached hydrogens (tertiary/aromatic N) is 2. The van der Waals surface area contributed by atoms with Crippen molar-refractivity contribution in [2.75, 3.05) is 5.32 Å². The molecule has 0 aliphatic heterocycles. The van der Waals surface area contributed by atoms with Crippen molar-refractivity contribution in [3.63, 3.8) is 0 Å². The number of carbonyl (C=O) groups is 1. The van der Waals surface area contributed by atoms with Crippen molar-refractivity contribution in [1.82, 2.24) is 19.9 Å². The van der Waals surface area contributed by atoms with Crippen LogP contribution in [0.5, 0.6) is 0 Å². The molecule has 158 valence electrons. The van der Waals surface area contributed by atoms with Crippen molar-refractivity contribution >= 4 is 43.9 Å². The van der Waals surface area contributed by atoms with E-state index >= 15 is 0 Å². The summed E-state index contributed by atoms with van der Waals surface area (Å²) in [5.41, 5.74) is 3.12. The van der Waals surface area contributed by atoms with E-state index in [2.05, 4.69) is 25.2 Å². The van der Waals surface area contributed by atoms with Gasteiger partial charge < -0.3 is 5.32 Å². The van der Waals surface area contributed by atoms with Crippen LogP contribution in [0.4, 0.5) is 5.69 Å². The molecular formula is C21H19N5O3S2. The van der Waals surface area contributed by atoms with Gasteiger partial charge in [0.05, 0.1) is 27.3 Å². The summed E-state index contributed by atoms with van der Waals surface area (Å²) in [6, 6.07) is 10.5. The molecule has 0 unspecified atom stereocenters.